The topological polar surface area (TPSA) is 73.2 Å². The van der Waals surface area contributed by atoms with Crippen LogP contribution in [0.1, 0.15) is 44.4 Å². The van der Waals surface area contributed by atoms with E-state index in [1.54, 1.807) is 17.0 Å². The van der Waals surface area contributed by atoms with Gasteiger partial charge in [-0.25, -0.2) is 0 Å². The summed E-state index contributed by atoms with van der Waals surface area (Å²) in [4.78, 5) is 27.9. The fraction of sp³-hybridized carbons (Fsp3) is 0.292. The van der Waals surface area contributed by atoms with Gasteiger partial charge in [0.05, 0.1) is 35.0 Å². The van der Waals surface area contributed by atoms with Crippen LogP contribution in [0.3, 0.4) is 0 Å². The van der Waals surface area contributed by atoms with Gasteiger partial charge in [0.25, 0.3) is 0 Å². The number of anilines is 2. The lowest BCUT2D eigenvalue weighted by Crippen LogP contribution is -2.42. The van der Waals surface area contributed by atoms with Gasteiger partial charge in [-0.1, -0.05) is 44.2 Å². The molecule has 1 heterocycles. The number of hydrogen-bond donors (Lipinski definition) is 1. The van der Waals surface area contributed by atoms with Crippen molar-refractivity contribution in [2.24, 2.45) is 11.3 Å². The summed E-state index contributed by atoms with van der Waals surface area (Å²) < 4.78 is 0. The first-order valence-electron chi connectivity index (χ1n) is 9.72. The average Bonchev–Trinajstić information content (AvgIpc) is 2.81. The number of nitrogens with zero attached hydrogens (tertiary/aromatic N) is 2. The number of carbonyl (C=O) groups excluding carboxylic acids is 2. The number of Topliss-reactive ketones (excluding diaryl/α,β-unsaturated/α-hetero) is 1. The fourth-order valence-corrected chi connectivity index (χ4v) is 4.46. The molecule has 2 atom stereocenters. The lowest BCUT2D eigenvalue weighted by molar-refractivity contribution is -0.125. The second kappa shape index (κ2) is 6.89. The SMILES string of the molecule is CC(=O)N1c2ccccc2NC2=CC(C)(C)CC(=O)C2C1c1ccc(C#N)cc1. The summed E-state index contributed by atoms with van der Waals surface area (Å²) in [6.45, 7) is 5.62. The number of para-hydroxylation sites is 2. The first-order chi connectivity index (χ1) is 13.8. The molecule has 0 aromatic heterocycles. The lowest BCUT2D eigenvalue weighted by Gasteiger charge is -2.38. The number of hydrogen-bond acceptors (Lipinski definition) is 4. The van der Waals surface area contributed by atoms with Gasteiger partial charge in [-0.15, -0.1) is 0 Å². The van der Waals surface area contributed by atoms with E-state index in [0.29, 0.717) is 12.0 Å². The Hall–Kier alpha value is -3.39. The Morgan fingerprint density at radius 2 is 1.86 bits per heavy atom. The molecule has 0 radical (unpaired) electrons. The molecule has 0 fully saturated rings. The molecule has 1 N–H and O–H groups in total. The van der Waals surface area contributed by atoms with E-state index in [4.69, 9.17) is 5.26 Å². The standard InChI is InChI=1S/C24H23N3O2/c1-15(28)27-20-7-5-4-6-18(20)26-19-12-24(2,3)13-21(29)22(19)23(27)17-10-8-16(14-25)9-11-17/h4-12,22-23,26H,13H2,1-3H3. The molecular formula is C24H23N3O2. The molecule has 146 valence electrons. The van der Waals surface area contributed by atoms with E-state index in [2.05, 4.69) is 17.5 Å². The molecule has 2 unspecified atom stereocenters. The summed E-state index contributed by atoms with van der Waals surface area (Å²) >= 11 is 0. The third-order valence-electron chi connectivity index (χ3n) is 5.62. The van der Waals surface area contributed by atoms with Gasteiger partial charge in [0.1, 0.15) is 5.78 Å². The molecule has 1 aliphatic heterocycles. The molecule has 0 saturated carbocycles. The van der Waals surface area contributed by atoms with Crippen molar-refractivity contribution in [3.05, 3.63) is 71.4 Å². The molecule has 1 amide bonds. The minimum Gasteiger partial charge on any atom is -0.357 e. The van der Waals surface area contributed by atoms with E-state index < -0.39 is 12.0 Å². The van der Waals surface area contributed by atoms with Gasteiger partial charge in [0.2, 0.25) is 5.91 Å². The zero-order valence-corrected chi connectivity index (χ0v) is 16.8. The van der Waals surface area contributed by atoms with Crippen LogP contribution in [0.4, 0.5) is 11.4 Å². The second-order valence-corrected chi connectivity index (χ2v) is 8.42. The molecule has 1 aliphatic carbocycles. The first kappa shape index (κ1) is 18.9. The van der Waals surface area contributed by atoms with E-state index in [0.717, 1.165) is 22.6 Å². The zero-order valence-electron chi connectivity index (χ0n) is 16.8. The Labute approximate surface area is 170 Å². The third kappa shape index (κ3) is 3.31. The molecule has 2 aromatic carbocycles. The predicted octanol–water partition coefficient (Wildman–Crippen LogP) is 4.58. The Morgan fingerprint density at radius 1 is 1.17 bits per heavy atom. The van der Waals surface area contributed by atoms with Crippen LogP contribution < -0.4 is 10.2 Å². The fourth-order valence-electron chi connectivity index (χ4n) is 4.46. The highest BCUT2D eigenvalue weighted by Crippen LogP contribution is 2.48. The minimum atomic E-state index is -0.493. The maximum atomic E-state index is 13.4. The van der Waals surface area contributed by atoms with E-state index in [-0.39, 0.29) is 17.1 Å². The van der Waals surface area contributed by atoms with E-state index in [9.17, 15) is 9.59 Å². The number of fused-ring (bicyclic) bond motifs is 2. The van der Waals surface area contributed by atoms with Crippen molar-refractivity contribution in [2.45, 2.75) is 33.2 Å². The quantitative estimate of drug-likeness (QED) is 0.780. The third-order valence-corrected chi connectivity index (χ3v) is 5.62. The van der Waals surface area contributed by atoms with E-state index >= 15 is 0 Å². The zero-order chi connectivity index (χ0) is 20.8. The van der Waals surface area contributed by atoms with Crippen LogP contribution in [0, 0.1) is 22.7 Å². The van der Waals surface area contributed by atoms with Crippen molar-refractivity contribution < 1.29 is 9.59 Å². The molecular weight excluding hydrogens is 362 g/mol. The number of carbonyl (C=O) groups is 2. The largest absolute Gasteiger partial charge is 0.357 e. The Bertz CT molecular complexity index is 1060. The van der Waals surface area contributed by atoms with Gasteiger partial charge in [-0.3, -0.25) is 9.59 Å². The van der Waals surface area contributed by atoms with E-state index in [1.807, 2.05) is 50.2 Å². The number of nitriles is 1. The molecule has 4 rings (SSSR count). The van der Waals surface area contributed by atoms with Crippen LogP contribution in [-0.2, 0) is 9.59 Å². The molecule has 0 spiro atoms. The molecule has 0 bridgehead atoms. The van der Waals surface area contributed by atoms with Gasteiger partial charge >= 0.3 is 0 Å². The molecule has 2 aliphatic rings. The summed E-state index contributed by atoms with van der Waals surface area (Å²) in [6.07, 6.45) is 2.54. The molecule has 0 saturated heterocycles. The summed E-state index contributed by atoms with van der Waals surface area (Å²) in [5.74, 6) is -0.520. The van der Waals surface area contributed by atoms with Gasteiger partial charge in [0.15, 0.2) is 0 Å². The van der Waals surface area contributed by atoms with Crippen molar-refractivity contribution >= 4 is 23.1 Å². The second-order valence-electron chi connectivity index (χ2n) is 8.42. The van der Waals surface area contributed by atoms with Crippen molar-refractivity contribution in [3.8, 4) is 6.07 Å². The van der Waals surface area contributed by atoms with Gasteiger partial charge in [-0.2, -0.15) is 5.26 Å². The number of allylic oxidation sites excluding steroid dienone is 1. The maximum Gasteiger partial charge on any atom is 0.224 e. The van der Waals surface area contributed by atoms with Crippen molar-refractivity contribution in [1.29, 1.82) is 5.26 Å². The van der Waals surface area contributed by atoms with Crippen molar-refractivity contribution in [2.75, 3.05) is 10.2 Å². The highest BCUT2D eigenvalue weighted by molar-refractivity contribution is 6.00. The van der Waals surface area contributed by atoms with Crippen LogP contribution in [0.25, 0.3) is 0 Å². The molecule has 29 heavy (non-hydrogen) atoms. The molecule has 5 nitrogen and oxygen atoms in total. The minimum absolute atomic E-state index is 0.105. The van der Waals surface area contributed by atoms with Crippen LogP contribution in [0.15, 0.2) is 60.3 Å². The summed E-state index contributed by atoms with van der Waals surface area (Å²) in [5.41, 5.74) is 3.50. The monoisotopic (exact) mass is 385 g/mol. The van der Waals surface area contributed by atoms with Crippen LogP contribution in [-0.4, -0.2) is 11.7 Å². The van der Waals surface area contributed by atoms with Crippen LogP contribution in [0.5, 0.6) is 0 Å². The van der Waals surface area contributed by atoms with Crippen LogP contribution >= 0.6 is 0 Å². The highest BCUT2D eigenvalue weighted by Gasteiger charge is 2.45. The molecule has 5 heteroatoms. The summed E-state index contributed by atoms with van der Waals surface area (Å²) in [6, 6.07) is 16.4. The number of benzene rings is 2. The van der Waals surface area contributed by atoms with Gasteiger partial charge in [-0.05, 0) is 35.2 Å². The normalized spacial score (nSPS) is 22.3. The van der Waals surface area contributed by atoms with Gasteiger partial charge in [0, 0.05) is 19.0 Å². The highest BCUT2D eigenvalue weighted by atomic mass is 16.2. The van der Waals surface area contributed by atoms with Crippen molar-refractivity contribution in [3.63, 3.8) is 0 Å². The smallest absolute Gasteiger partial charge is 0.224 e. The van der Waals surface area contributed by atoms with Gasteiger partial charge < -0.3 is 10.2 Å². The Kier molecular flexibility index (Phi) is 4.50. The summed E-state index contributed by atoms with van der Waals surface area (Å²) in [7, 11) is 0. The molecule has 2 aromatic rings. The number of rotatable bonds is 1. The Morgan fingerprint density at radius 3 is 2.52 bits per heavy atom. The number of nitrogens with one attached hydrogen (secondary N) is 1. The maximum absolute atomic E-state index is 13.4. The average molecular weight is 385 g/mol. The predicted molar refractivity (Wildman–Crippen MR) is 112 cm³/mol. The Balaban J connectivity index is 1.98. The van der Waals surface area contributed by atoms with Crippen molar-refractivity contribution in [1.82, 2.24) is 0 Å². The lowest BCUT2D eigenvalue weighted by atomic mass is 9.72. The van der Waals surface area contributed by atoms with Crippen LogP contribution in [0.2, 0.25) is 0 Å². The number of ketones is 1. The number of amides is 1. The van der Waals surface area contributed by atoms with E-state index in [1.165, 1.54) is 6.92 Å². The summed E-state index contributed by atoms with van der Waals surface area (Å²) in [5, 5.41) is 12.6. The first-order valence-corrected chi connectivity index (χ1v) is 9.72.